The topological polar surface area (TPSA) is 50.4 Å². The van der Waals surface area contributed by atoms with Crippen LogP contribution in [0.25, 0.3) is 11.0 Å². The third-order valence-corrected chi connectivity index (χ3v) is 4.17. The number of hydrogen-bond acceptors (Lipinski definition) is 2. The number of carboxylic acid groups (broad SMARTS) is 1. The highest BCUT2D eigenvalue weighted by atomic mass is 19.1. The van der Waals surface area contributed by atoms with E-state index in [1.165, 1.54) is 12.3 Å². The summed E-state index contributed by atoms with van der Waals surface area (Å²) in [5.74, 6) is -1.43. The zero-order chi connectivity index (χ0) is 13.5. The second-order valence-electron chi connectivity index (χ2n) is 5.21. The SMILES string of the molecule is O=C(O)C1(c2c(F)ccc3ccoc23)CCCCC1. The maximum Gasteiger partial charge on any atom is 0.314 e. The first kappa shape index (κ1) is 12.2. The molecule has 1 aromatic heterocycles. The Morgan fingerprint density at radius 3 is 2.63 bits per heavy atom. The van der Waals surface area contributed by atoms with Gasteiger partial charge in [0, 0.05) is 10.9 Å². The Kier molecular flexibility index (Phi) is 2.81. The first-order chi connectivity index (χ1) is 9.15. The van der Waals surface area contributed by atoms with Crippen molar-refractivity contribution in [3.05, 3.63) is 35.8 Å². The third kappa shape index (κ3) is 1.74. The largest absolute Gasteiger partial charge is 0.481 e. The number of halogens is 1. The van der Waals surface area contributed by atoms with Gasteiger partial charge in [0.1, 0.15) is 11.4 Å². The summed E-state index contributed by atoms with van der Waals surface area (Å²) in [7, 11) is 0. The van der Waals surface area contributed by atoms with Crippen molar-refractivity contribution < 1.29 is 18.7 Å². The average Bonchev–Trinajstić information content (AvgIpc) is 2.87. The Hall–Kier alpha value is -1.84. The predicted molar refractivity (Wildman–Crippen MR) is 68.6 cm³/mol. The van der Waals surface area contributed by atoms with Gasteiger partial charge < -0.3 is 9.52 Å². The van der Waals surface area contributed by atoms with E-state index < -0.39 is 17.2 Å². The van der Waals surface area contributed by atoms with E-state index >= 15 is 0 Å². The van der Waals surface area contributed by atoms with Crippen molar-refractivity contribution in [1.29, 1.82) is 0 Å². The van der Waals surface area contributed by atoms with Crippen LogP contribution in [0.15, 0.2) is 28.9 Å². The van der Waals surface area contributed by atoms with Crippen LogP contribution in [0.3, 0.4) is 0 Å². The number of carboxylic acids is 1. The molecule has 1 aromatic carbocycles. The Morgan fingerprint density at radius 1 is 1.21 bits per heavy atom. The molecule has 1 fully saturated rings. The molecule has 4 heteroatoms. The third-order valence-electron chi connectivity index (χ3n) is 4.17. The van der Waals surface area contributed by atoms with E-state index in [0.29, 0.717) is 18.4 Å². The van der Waals surface area contributed by atoms with Crippen LogP contribution >= 0.6 is 0 Å². The van der Waals surface area contributed by atoms with Crippen LogP contribution in [0.5, 0.6) is 0 Å². The van der Waals surface area contributed by atoms with Gasteiger partial charge in [-0.15, -0.1) is 0 Å². The highest BCUT2D eigenvalue weighted by molar-refractivity contribution is 5.90. The van der Waals surface area contributed by atoms with Crippen molar-refractivity contribution in [3.8, 4) is 0 Å². The Bertz CT molecular complexity index is 623. The summed E-state index contributed by atoms with van der Waals surface area (Å²) in [6.07, 6.45) is 5.04. The first-order valence-corrected chi connectivity index (χ1v) is 6.55. The van der Waals surface area contributed by atoms with E-state index in [1.54, 1.807) is 12.1 Å². The number of fused-ring (bicyclic) bond motifs is 1. The number of furan rings is 1. The highest BCUT2D eigenvalue weighted by Gasteiger charge is 2.45. The molecule has 1 saturated carbocycles. The Labute approximate surface area is 110 Å². The molecule has 0 amide bonds. The van der Waals surface area contributed by atoms with Gasteiger partial charge in [-0.25, -0.2) is 4.39 Å². The summed E-state index contributed by atoms with van der Waals surface area (Å²) in [5, 5.41) is 10.4. The lowest BCUT2D eigenvalue weighted by atomic mass is 9.69. The van der Waals surface area contributed by atoms with Gasteiger partial charge in [-0.1, -0.05) is 19.3 Å². The van der Waals surface area contributed by atoms with Crippen molar-refractivity contribution in [2.75, 3.05) is 0 Å². The number of hydrogen-bond donors (Lipinski definition) is 1. The molecule has 0 radical (unpaired) electrons. The van der Waals surface area contributed by atoms with Crippen molar-refractivity contribution >= 4 is 16.9 Å². The molecular formula is C15H15FO3. The smallest absolute Gasteiger partial charge is 0.314 e. The molecular weight excluding hydrogens is 247 g/mol. The summed E-state index contributed by atoms with van der Waals surface area (Å²) in [6.45, 7) is 0. The second-order valence-corrected chi connectivity index (χ2v) is 5.21. The zero-order valence-electron chi connectivity index (χ0n) is 10.5. The number of rotatable bonds is 2. The van der Waals surface area contributed by atoms with Crippen LogP contribution in [-0.2, 0) is 10.2 Å². The van der Waals surface area contributed by atoms with Crippen LogP contribution in [0.4, 0.5) is 4.39 Å². The van der Waals surface area contributed by atoms with E-state index in [-0.39, 0.29) is 5.56 Å². The molecule has 19 heavy (non-hydrogen) atoms. The molecule has 0 bridgehead atoms. The van der Waals surface area contributed by atoms with Gasteiger partial charge >= 0.3 is 5.97 Å². The lowest BCUT2D eigenvalue weighted by Crippen LogP contribution is -2.38. The summed E-state index contributed by atoms with van der Waals surface area (Å²) >= 11 is 0. The van der Waals surface area contributed by atoms with Crippen LogP contribution in [0, 0.1) is 5.82 Å². The first-order valence-electron chi connectivity index (χ1n) is 6.55. The number of benzene rings is 1. The highest BCUT2D eigenvalue weighted by Crippen LogP contribution is 2.44. The summed E-state index contributed by atoms with van der Waals surface area (Å²) in [5.41, 5.74) is -0.536. The van der Waals surface area contributed by atoms with Crippen LogP contribution in [0.1, 0.15) is 37.7 Å². The van der Waals surface area contributed by atoms with Crippen LogP contribution in [0.2, 0.25) is 0 Å². The molecule has 1 N–H and O–H groups in total. The van der Waals surface area contributed by atoms with Gasteiger partial charge in [-0.3, -0.25) is 4.79 Å². The molecule has 1 aliphatic carbocycles. The lowest BCUT2D eigenvalue weighted by molar-refractivity contribution is -0.145. The van der Waals surface area contributed by atoms with Crippen LogP contribution < -0.4 is 0 Å². The summed E-state index contributed by atoms with van der Waals surface area (Å²) in [6, 6.07) is 4.69. The fourth-order valence-corrected chi connectivity index (χ4v) is 3.18. The van der Waals surface area contributed by atoms with E-state index in [0.717, 1.165) is 24.6 Å². The zero-order valence-corrected chi connectivity index (χ0v) is 10.5. The second kappa shape index (κ2) is 4.37. The predicted octanol–water partition coefficient (Wildman–Crippen LogP) is 3.86. The molecule has 0 spiro atoms. The van der Waals surface area contributed by atoms with Gasteiger partial charge in [-0.2, -0.15) is 0 Å². The quantitative estimate of drug-likeness (QED) is 0.894. The average molecular weight is 262 g/mol. The standard InChI is InChI=1S/C15H15FO3/c16-11-5-4-10-6-9-19-13(10)12(11)15(14(17)18)7-2-1-3-8-15/h4-6,9H,1-3,7-8H2,(H,17,18). The van der Waals surface area contributed by atoms with Crippen LogP contribution in [-0.4, -0.2) is 11.1 Å². The molecule has 3 rings (SSSR count). The summed E-state index contributed by atoms with van der Waals surface area (Å²) < 4.78 is 19.6. The minimum absolute atomic E-state index is 0.224. The maximum atomic E-state index is 14.3. The fraction of sp³-hybridized carbons (Fsp3) is 0.400. The fourth-order valence-electron chi connectivity index (χ4n) is 3.18. The van der Waals surface area contributed by atoms with Gasteiger partial charge in [0.25, 0.3) is 0 Å². The molecule has 100 valence electrons. The van der Waals surface area contributed by atoms with Crippen molar-refractivity contribution in [1.82, 2.24) is 0 Å². The maximum absolute atomic E-state index is 14.3. The van der Waals surface area contributed by atoms with E-state index in [9.17, 15) is 14.3 Å². The minimum atomic E-state index is -1.14. The van der Waals surface area contributed by atoms with E-state index in [2.05, 4.69) is 0 Å². The number of carbonyl (C=O) groups is 1. The van der Waals surface area contributed by atoms with Crippen molar-refractivity contribution in [2.45, 2.75) is 37.5 Å². The Balaban J connectivity index is 2.28. The van der Waals surface area contributed by atoms with Gasteiger partial charge in [0.05, 0.1) is 11.7 Å². The van der Waals surface area contributed by atoms with Crippen molar-refractivity contribution in [2.24, 2.45) is 0 Å². The molecule has 0 aliphatic heterocycles. The molecule has 2 aromatic rings. The lowest BCUT2D eigenvalue weighted by Gasteiger charge is -2.33. The molecule has 3 nitrogen and oxygen atoms in total. The number of aliphatic carboxylic acids is 1. The van der Waals surface area contributed by atoms with Gasteiger partial charge in [0.15, 0.2) is 0 Å². The van der Waals surface area contributed by atoms with E-state index in [1.807, 2.05) is 0 Å². The normalized spacial score (nSPS) is 18.6. The molecule has 1 heterocycles. The van der Waals surface area contributed by atoms with Gasteiger partial charge in [-0.05, 0) is 31.0 Å². The molecule has 0 unspecified atom stereocenters. The van der Waals surface area contributed by atoms with Crippen molar-refractivity contribution in [3.63, 3.8) is 0 Å². The summed E-state index contributed by atoms with van der Waals surface area (Å²) in [4.78, 5) is 11.8. The molecule has 0 saturated heterocycles. The molecule has 1 aliphatic rings. The van der Waals surface area contributed by atoms with Gasteiger partial charge in [0.2, 0.25) is 0 Å². The Morgan fingerprint density at radius 2 is 1.95 bits per heavy atom. The van der Waals surface area contributed by atoms with E-state index in [4.69, 9.17) is 4.42 Å². The minimum Gasteiger partial charge on any atom is -0.481 e. The molecule has 0 atom stereocenters. The monoisotopic (exact) mass is 262 g/mol.